The lowest BCUT2D eigenvalue weighted by Gasteiger charge is -2.10. The van der Waals surface area contributed by atoms with E-state index >= 15 is 0 Å². The molecule has 0 atom stereocenters. The standard InChI is InChI=1S/C15H18N2OS/c1-10-5-3-6-11(2)14(10)18-9-13-17-15-12(19-13)7-4-8-16-15/h3,5-6,16H,4,7-9H2,1-2H3. The van der Waals surface area contributed by atoms with Crippen molar-refractivity contribution in [3.8, 4) is 5.75 Å². The zero-order valence-corrected chi connectivity index (χ0v) is 12.1. The Morgan fingerprint density at radius 2 is 2.11 bits per heavy atom. The Morgan fingerprint density at radius 1 is 1.32 bits per heavy atom. The Balaban J connectivity index is 1.74. The van der Waals surface area contributed by atoms with E-state index in [0.29, 0.717) is 6.61 Å². The molecule has 0 bridgehead atoms. The molecular formula is C15H18N2OS. The molecule has 0 saturated carbocycles. The maximum atomic E-state index is 5.95. The largest absolute Gasteiger partial charge is 0.486 e. The molecule has 4 heteroatoms. The number of aromatic nitrogens is 1. The second-order valence-corrected chi connectivity index (χ2v) is 6.09. The lowest BCUT2D eigenvalue weighted by molar-refractivity contribution is 0.301. The summed E-state index contributed by atoms with van der Waals surface area (Å²) < 4.78 is 5.95. The van der Waals surface area contributed by atoms with Crippen molar-refractivity contribution in [2.24, 2.45) is 0 Å². The predicted molar refractivity (Wildman–Crippen MR) is 79.2 cm³/mol. The summed E-state index contributed by atoms with van der Waals surface area (Å²) in [5.41, 5.74) is 2.36. The van der Waals surface area contributed by atoms with Crippen LogP contribution in [0.4, 0.5) is 5.82 Å². The average molecular weight is 274 g/mol. The Bertz CT molecular complexity index is 548. The topological polar surface area (TPSA) is 34.1 Å². The lowest BCUT2D eigenvalue weighted by atomic mass is 10.1. The maximum absolute atomic E-state index is 5.95. The van der Waals surface area contributed by atoms with Crippen LogP contribution in [0.5, 0.6) is 5.75 Å². The highest BCUT2D eigenvalue weighted by molar-refractivity contribution is 7.12. The van der Waals surface area contributed by atoms with Gasteiger partial charge in [-0.15, -0.1) is 11.3 Å². The SMILES string of the molecule is Cc1cccc(C)c1OCc1nc2c(s1)CCCN2. The zero-order valence-electron chi connectivity index (χ0n) is 11.3. The van der Waals surface area contributed by atoms with Crippen molar-refractivity contribution in [1.29, 1.82) is 0 Å². The molecule has 1 aliphatic rings. The van der Waals surface area contributed by atoms with E-state index in [1.807, 2.05) is 0 Å². The van der Waals surface area contributed by atoms with Gasteiger partial charge < -0.3 is 10.1 Å². The van der Waals surface area contributed by atoms with Crippen molar-refractivity contribution in [3.63, 3.8) is 0 Å². The van der Waals surface area contributed by atoms with Crippen LogP contribution in [-0.2, 0) is 13.0 Å². The fourth-order valence-electron chi connectivity index (χ4n) is 2.39. The number of nitrogens with zero attached hydrogens (tertiary/aromatic N) is 1. The van der Waals surface area contributed by atoms with Crippen LogP contribution in [0.15, 0.2) is 18.2 Å². The molecular weight excluding hydrogens is 256 g/mol. The molecule has 19 heavy (non-hydrogen) atoms. The van der Waals surface area contributed by atoms with Crippen LogP contribution in [0.3, 0.4) is 0 Å². The second kappa shape index (κ2) is 5.21. The van der Waals surface area contributed by atoms with Gasteiger partial charge in [-0.05, 0) is 37.8 Å². The van der Waals surface area contributed by atoms with Crippen LogP contribution in [0.1, 0.15) is 27.4 Å². The first-order valence-electron chi connectivity index (χ1n) is 6.65. The van der Waals surface area contributed by atoms with Gasteiger partial charge in [0.05, 0.1) is 0 Å². The smallest absolute Gasteiger partial charge is 0.140 e. The summed E-state index contributed by atoms with van der Waals surface area (Å²) in [7, 11) is 0. The summed E-state index contributed by atoms with van der Waals surface area (Å²) in [6.07, 6.45) is 2.34. The van der Waals surface area contributed by atoms with E-state index in [1.165, 1.54) is 22.4 Å². The minimum Gasteiger partial charge on any atom is -0.486 e. The van der Waals surface area contributed by atoms with E-state index < -0.39 is 0 Å². The van der Waals surface area contributed by atoms with Crippen molar-refractivity contribution >= 4 is 17.2 Å². The summed E-state index contributed by atoms with van der Waals surface area (Å²) in [5.74, 6) is 2.06. The first kappa shape index (κ1) is 12.5. The Labute approximate surface area is 117 Å². The lowest BCUT2D eigenvalue weighted by Crippen LogP contribution is -2.10. The molecule has 1 aliphatic heterocycles. The molecule has 0 unspecified atom stereocenters. The molecule has 2 heterocycles. The average Bonchev–Trinajstić information content (AvgIpc) is 2.81. The van der Waals surface area contributed by atoms with Crippen molar-refractivity contribution in [3.05, 3.63) is 39.2 Å². The molecule has 0 amide bonds. The summed E-state index contributed by atoms with van der Waals surface area (Å²) >= 11 is 1.77. The van der Waals surface area contributed by atoms with Gasteiger partial charge in [0.2, 0.25) is 0 Å². The summed E-state index contributed by atoms with van der Waals surface area (Å²) in [5, 5.41) is 4.41. The third kappa shape index (κ3) is 2.59. The van der Waals surface area contributed by atoms with Crippen molar-refractivity contribution in [2.75, 3.05) is 11.9 Å². The number of anilines is 1. The minimum absolute atomic E-state index is 0.561. The highest BCUT2D eigenvalue weighted by atomic mass is 32.1. The monoisotopic (exact) mass is 274 g/mol. The van der Waals surface area contributed by atoms with Gasteiger partial charge in [-0.2, -0.15) is 0 Å². The van der Waals surface area contributed by atoms with Crippen LogP contribution in [0.2, 0.25) is 0 Å². The molecule has 0 fully saturated rings. The van der Waals surface area contributed by atoms with Gasteiger partial charge in [-0.3, -0.25) is 0 Å². The van der Waals surface area contributed by atoms with Crippen LogP contribution >= 0.6 is 11.3 Å². The highest BCUT2D eigenvalue weighted by Crippen LogP contribution is 2.29. The number of rotatable bonds is 3. The quantitative estimate of drug-likeness (QED) is 0.926. The van der Waals surface area contributed by atoms with Crippen LogP contribution in [-0.4, -0.2) is 11.5 Å². The molecule has 0 spiro atoms. The molecule has 0 radical (unpaired) electrons. The maximum Gasteiger partial charge on any atom is 0.140 e. The number of aryl methyl sites for hydroxylation is 3. The van der Waals surface area contributed by atoms with Crippen LogP contribution < -0.4 is 10.1 Å². The van der Waals surface area contributed by atoms with Gasteiger partial charge in [0.1, 0.15) is 23.2 Å². The van der Waals surface area contributed by atoms with Gasteiger partial charge in [0.25, 0.3) is 0 Å². The number of para-hydroxylation sites is 1. The number of hydrogen-bond donors (Lipinski definition) is 1. The third-order valence-electron chi connectivity index (χ3n) is 3.36. The Morgan fingerprint density at radius 3 is 2.84 bits per heavy atom. The molecule has 0 saturated heterocycles. The first-order valence-corrected chi connectivity index (χ1v) is 7.47. The summed E-state index contributed by atoms with van der Waals surface area (Å²) in [6, 6.07) is 6.22. The number of thiazole rings is 1. The molecule has 1 N–H and O–H groups in total. The Kier molecular flexibility index (Phi) is 3.42. The zero-order chi connectivity index (χ0) is 13.2. The van der Waals surface area contributed by atoms with Gasteiger partial charge in [-0.1, -0.05) is 18.2 Å². The van der Waals surface area contributed by atoms with Crippen molar-refractivity contribution in [2.45, 2.75) is 33.3 Å². The number of hydrogen-bond acceptors (Lipinski definition) is 4. The van der Waals surface area contributed by atoms with E-state index in [1.54, 1.807) is 11.3 Å². The second-order valence-electron chi connectivity index (χ2n) is 4.92. The predicted octanol–water partition coefficient (Wildman–Crippen LogP) is 3.70. The number of ether oxygens (including phenoxy) is 1. The van der Waals surface area contributed by atoms with E-state index in [4.69, 9.17) is 4.74 Å². The van der Waals surface area contributed by atoms with Gasteiger partial charge in [0, 0.05) is 11.4 Å². The normalized spacial score (nSPS) is 13.8. The van der Waals surface area contributed by atoms with E-state index in [9.17, 15) is 0 Å². The molecule has 2 aromatic rings. The van der Waals surface area contributed by atoms with Crippen molar-refractivity contribution < 1.29 is 4.74 Å². The molecule has 1 aromatic heterocycles. The molecule has 1 aromatic carbocycles. The van der Waals surface area contributed by atoms with E-state index in [-0.39, 0.29) is 0 Å². The number of nitrogens with one attached hydrogen (secondary N) is 1. The van der Waals surface area contributed by atoms with Crippen LogP contribution in [0.25, 0.3) is 0 Å². The summed E-state index contributed by atoms with van der Waals surface area (Å²) in [6.45, 7) is 5.76. The fourth-order valence-corrected chi connectivity index (χ4v) is 3.39. The number of fused-ring (bicyclic) bond motifs is 1. The highest BCUT2D eigenvalue weighted by Gasteiger charge is 2.15. The fraction of sp³-hybridized carbons (Fsp3) is 0.400. The third-order valence-corrected chi connectivity index (χ3v) is 4.45. The first-order chi connectivity index (χ1) is 9.24. The number of benzene rings is 1. The Hall–Kier alpha value is -1.55. The molecule has 0 aliphatic carbocycles. The molecule has 3 rings (SSSR count). The van der Waals surface area contributed by atoms with E-state index in [0.717, 1.165) is 29.5 Å². The van der Waals surface area contributed by atoms with E-state index in [2.05, 4.69) is 42.3 Å². The summed E-state index contributed by atoms with van der Waals surface area (Å²) in [4.78, 5) is 5.97. The van der Waals surface area contributed by atoms with Crippen molar-refractivity contribution in [1.82, 2.24) is 4.98 Å². The van der Waals surface area contributed by atoms with Gasteiger partial charge >= 0.3 is 0 Å². The minimum atomic E-state index is 0.561. The molecule has 3 nitrogen and oxygen atoms in total. The van der Waals surface area contributed by atoms with Gasteiger partial charge in [-0.25, -0.2) is 4.98 Å². The molecule has 100 valence electrons. The van der Waals surface area contributed by atoms with Crippen LogP contribution in [0, 0.1) is 13.8 Å². The van der Waals surface area contributed by atoms with Gasteiger partial charge in [0.15, 0.2) is 0 Å².